The van der Waals surface area contributed by atoms with E-state index in [2.05, 4.69) is 5.32 Å². The SMILES string of the molecule is CC(=O)NC(CS(C)(=O)=O)c1cccc(C(F)(F)F)c1. The van der Waals surface area contributed by atoms with Crippen LogP contribution in [0, 0.1) is 0 Å². The molecule has 4 nitrogen and oxygen atoms in total. The van der Waals surface area contributed by atoms with Crippen LogP contribution in [0.25, 0.3) is 0 Å². The molecule has 1 aromatic rings. The molecule has 0 aliphatic rings. The molecule has 0 radical (unpaired) electrons. The highest BCUT2D eigenvalue weighted by atomic mass is 32.2. The number of halogens is 3. The van der Waals surface area contributed by atoms with E-state index in [1.165, 1.54) is 19.1 Å². The number of carbonyl (C=O) groups is 1. The van der Waals surface area contributed by atoms with Gasteiger partial charge in [-0.1, -0.05) is 12.1 Å². The first-order valence-corrected chi connectivity index (χ1v) is 7.67. The fraction of sp³-hybridized carbons (Fsp3) is 0.417. The van der Waals surface area contributed by atoms with Crippen molar-refractivity contribution in [3.8, 4) is 0 Å². The van der Waals surface area contributed by atoms with Crippen LogP contribution in [0.3, 0.4) is 0 Å². The minimum absolute atomic E-state index is 0.0976. The van der Waals surface area contributed by atoms with Gasteiger partial charge < -0.3 is 5.32 Å². The highest BCUT2D eigenvalue weighted by molar-refractivity contribution is 7.90. The van der Waals surface area contributed by atoms with E-state index >= 15 is 0 Å². The average Bonchev–Trinajstić information content (AvgIpc) is 2.24. The van der Waals surface area contributed by atoms with Crippen LogP contribution in [0.15, 0.2) is 24.3 Å². The average molecular weight is 309 g/mol. The Morgan fingerprint density at radius 1 is 1.35 bits per heavy atom. The van der Waals surface area contributed by atoms with Crippen molar-refractivity contribution in [2.75, 3.05) is 12.0 Å². The lowest BCUT2D eigenvalue weighted by atomic mass is 10.0. The molecule has 0 aliphatic heterocycles. The molecule has 8 heteroatoms. The first kappa shape index (κ1) is 16.5. The van der Waals surface area contributed by atoms with Crippen LogP contribution in [0.4, 0.5) is 13.2 Å². The molecule has 1 rings (SSSR count). The molecule has 0 aliphatic carbocycles. The first-order valence-electron chi connectivity index (χ1n) is 5.61. The van der Waals surface area contributed by atoms with E-state index in [-0.39, 0.29) is 5.56 Å². The summed E-state index contributed by atoms with van der Waals surface area (Å²) in [5.74, 6) is -0.982. The molecule has 0 aromatic heterocycles. The van der Waals surface area contributed by atoms with E-state index in [1.807, 2.05) is 0 Å². The number of benzene rings is 1. The molecule has 112 valence electrons. The summed E-state index contributed by atoms with van der Waals surface area (Å²) in [6.45, 7) is 1.17. The molecule has 1 N–H and O–H groups in total. The first-order chi connectivity index (χ1) is 8.99. The summed E-state index contributed by atoms with van der Waals surface area (Å²) in [4.78, 5) is 11.1. The maximum atomic E-state index is 12.6. The molecule has 0 fully saturated rings. The second-order valence-corrected chi connectivity index (χ2v) is 6.65. The van der Waals surface area contributed by atoms with Gasteiger partial charge in [0.1, 0.15) is 9.84 Å². The second kappa shape index (κ2) is 5.82. The van der Waals surface area contributed by atoms with Crippen molar-refractivity contribution in [1.82, 2.24) is 5.32 Å². The Morgan fingerprint density at radius 3 is 2.40 bits per heavy atom. The predicted octanol–water partition coefficient (Wildman–Crippen LogP) is 1.93. The summed E-state index contributed by atoms with van der Waals surface area (Å²) in [6, 6.07) is 3.24. The second-order valence-electron chi connectivity index (χ2n) is 4.47. The van der Waals surface area contributed by atoms with E-state index < -0.39 is 39.3 Å². The summed E-state index contributed by atoms with van der Waals surface area (Å²) < 4.78 is 60.5. The molecule has 0 bridgehead atoms. The monoisotopic (exact) mass is 309 g/mol. The summed E-state index contributed by atoms with van der Waals surface area (Å²) in [5, 5.41) is 2.35. The van der Waals surface area contributed by atoms with Crippen LogP contribution < -0.4 is 5.32 Å². The molecule has 0 saturated carbocycles. The number of hydrogen-bond acceptors (Lipinski definition) is 3. The fourth-order valence-electron chi connectivity index (χ4n) is 1.70. The van der Waals surface area contributed by atoms with Gasteiger partial charge in [-0.25, -0.2) is 8.42 Å². The van der Waals surface area contributed by atoms with E-state index in [0.717, 1.165) is 18.4 Å². The Kier molecular flexibility index (Phi) is 4.80. The number of hydrogen-bond donors (Lipinski definition) is 1. The highest BCUT2D eigenvalue weighted by Crippen LogP contribution is 2.31. The van der Waals surface area contributed by atoms with Gasteiger partial charge in [0, 0.05) is 13.2 Å². The Balaban J connectivity index is 3.17. The lowest BCUT2D eigenvalue weighted by Crippen LogP contribution is -2.31. The smallest absolute Gasteiger partial charge is 0.349 e. The van der Waals surface area contributed by atoms with Crippen LogP contribution >= 0.6 is 0 Å². The van der Waals surface area contributed by atoms with E-state index in [4.69, 9.17) is 0 Å². The Bertz CT molecular complexity index is 596. The van der Waals surface area contributed by atoms with Crippen LogP contribution in [0.1, 0.15) is 24.1 Å². The number of nitrogens with one attached hydrogen (secondary N) is 1. The zero-order valence-electron chi connectivity index (χ0n) is 10.9. The number of carbonyl (C=O) groups excluding carboxylic acids is 1. The lowest BCUT2D eigenvalue weighted by Gasteiger charge is -2.18. The third kappa shape index (κ3) is 5.20. The van der Waals surface area contributed by atoms with E-state index in [0.29, 0.717) is 0 Å². The van der Waals surface area contributed by atoms with Crippen LogP contribution in [0.2, 0.25) is 0 Å². The van der Waals surface area contributed by atoms with Gasteiger partial charge in [0.2, 0.25) is 5.91 Å². The molecule has 0 saturated heterocycles. The van der Waals surface area contributed by atoms with Gasteiger partial charge in [0.15, 0.2) is 0 Å². The van der Waals surface area contributed by atoms with Gasteiger partial charge in [-0.3, -0.25) is 4.79 Å². The van der Waals surface area contributed by atoms with Crippen molar-refractivity contribution in [1.29, 1.82) is 0 Å². The maximum absolute atomic E-state index is 12.6. The molecule has 1 amide bonds. The minimum atomic E-state index is -4.53. The van der Waals surface area contributed by atoms with Crippen LogP contribution in [0.5, 0.6) is 0 Å². The molecule has 1 atom stereocenters. The van der Waals surface area contributed by atoms with Gasteiger partial charge in [0.25, 0.3) is 0 Å². The lowest BCUT2D eigenvalue weighted by molar-refractivity contribution is -0.137. The van der Waals surface area contributed by atoms with Gasteiger partial charge in [-0.2, -0.15) is 13.2 Å². The summed E-state index contributed by atoms with van der Waals surface area (Å²) in [7, 11) is -3.46. The van der Waals surface area contributed by atoms with Gasteiger partial charge >= 0.3 is 6.18 Å². The quantitative estimate of drug-likeness (QED) is 0.924. The van der Waals surface area contributed by atoms with Gasteiger partial charge in [-0.05, 0) is 17.7 Å². The summed E-state index contributed by atoms with van der Waals surface area (Å²) in [5.41, 5.74) is -0.792. The summed E-state index contributed by atoms with van der Waals surface area (Å²) in [6.07, 6.45) is -3.57. The Hall–Kier alpha value is -1.57. The van der Waals surface area contributed by atoms with E-state index in [1.54, 1.807) is 0 Å². The minimum Gasteiger partial charge on any atom is -0.349 e. The maximum Gasteiger partial charge on any atom is 0.416 e. The molecular weight excluding hydrogens is 295 g/mol. The largest absolute Gasteiger partial charge is 0.416 e. The normalized spacial score (nSPS) is 13.8. The molecular formula is C12H14F3NO3S. The number of alkyl halides is 3. The molecule has 1 aromatic carbocycles. The zero-order valence-corrected chi connectivity index (χ0v) is 11.7. The van der Waals surface area contributed by atoms with Gasteiger partial charge in [-0.15, -0.1) is 0 Å². The van der Waals surface area contributed by atoms with Crippen molar-refractivity contribution in [3.05, 3.63) is 35.4 Å². The Labute approximate surface area is 114 Å². The number of sulfone groups is 1. The fourth-order valence-corrected chi connectivity index (χ4v) is 2.58. The van der Waals surface area contributed by atoms with Crippen molar-refractivity contribution in [2.24, 2.45) is 0 Å². The molecule has 0 heterocycles. The topological polar surface area (TPSA) is 63.2 Å². The molecule has 20 heavy (non-hydrogen) atoms. The standard InChI is InChI=1S/C12H14F3NO3S/c1-8(17)16-11(7-20(2,18)19)9-4-3-5-10(6-9)12(13,14)15/h3-6,11H,7H2,1-2H3,(H,16,17). The number of rotatable bonds is 4. The van der Waals surface area contributed by atoms with Crippen molar-refractivity contribution in [2.45, 2.75) is 19.1 Å². The molecule has 0 spiro atoms. The third-order valence-corrected chi connectivity index (χ3v) is 3.40. The van der Waals surface area contributed by atoms with Crippen LogP contribution in [-0.2, 0) is 20.8 Å². The third-order valence-electron chi connectivity index (χ3n) is 2.46. The van der Waals surface area contributed by atoms with Crippen molar-refractivity contribution < 1.29 is 26.4 Å². The van der Waals surface area contributed by atoms with Crippen LogP contribution in [-0.4, -0.2) is 26.3 Å². The number of amides is 1. The molecule has 1 unspecified atom stereocenters. The predicted molar refractivity (Wildman–Crippen MR) is 67.7 cm³/mol. The van der Waals surface area contributed by atoms with Crippen molar-refractivity contribution in [3.63, 3.8) is 0 Å². The summed E-state index contributed by atoms with van der Waals surface area (Å²) >= 11 is 0. The van der Waals surface area contributed by atoms with E-state index in [9.17, 15) is 26.4 Å². The highest BCUT2D eigenvalue weighted by Gasteiger charge is 2.31. The van der Waals surface area contributed by atoms with Gasteiger partial charge in [0.05, 0.1) is 17.4 Å². The zero-order chi connectivity index (χ0) is 15.6. The van der Waals surface area contributed by atoms with Crippen molar-refractivity contribution >= 4 is 15.7 Å². The Morgan fingerprint density at radius 2 is 1.95 bits per heavy atom.